The minimum absolute atomic E-state index is 0.0846. The van der Waals surface area contributed by atoms with Crippen LogP contribution in [0.4, 0.5) is 4.39 Å². The molecule has 0 aliphatic heterocycles. The molecule has 0 heterocycles. The molecule has 0 aromatic heterocycles. The van der Waals surface area contributed by atoms with E-state index >= 15 is 0 Å². The first-order chi connectivity index (χ1) is 11.6. The van der Waals surface area contributed by atoms with Crippen molar-refractivity contribution >= 4 is 11.8 Å². The Morgan fingerprint density at radius 1 is 1.08 bits per heavy atom. The van der Waals surface area contributed by atoms with Crippen molar-refractivity contribution in [3.05, 3.63) is 71.5 Å². The summed E-state index contributed by atoms with van der Waals surface area (Å²) in [5.74, 6) is -1.04. The zero-order valence-electron chi connectivity index (χ0n) is 13.2. The van der Waals surface area contributed by atoms with Crippen molar-refractivity contribution in [2.45, 2.75) is 25.4 Å². The maximum Gasteiger partial charge on any atom is 0.251 e. The summed E-state index contributed by atoms with van der Waals surface area (Å²) in [4.78, 5) is 26.3. The van der Waals surface area contributed by atoms with Crippen LogP contribution >= 0.6 is 0 Å². The van der Waals surface area contributed by atoms with Crippen LogP contribution < -0.4 is 5.32 Å². The van der Waals surface area contributed by atoms with Crippen LogP contribution in [0.1, 0.15) is 28.8 Å². The van der Waals surface area contributed by atoms with Gasteiger partial charge in [0.05, 0.1) is 6.54 Å². The third-order valence-electron chi connectivity index (χ3n) is 3.99. The second-order valence-electron chi connectivity index (χ2n) is 5.93. The fourth-order valence-electron chi connectivity index (χ4n) is 2.58. The van der Waals surface area contributed by atoms with E-state index in [1.54, 1.807) is 4.90 Å². The summed E-state index contributed by atoms with van der Waals surface area (Å²) in [6.45, 7) is 0.457. The zero-order valence-corrected chi connectivity index (χ0v) is 13.2. The topological polar surface area (TPSA) is 49.4 Å². The standard InChI is InChI=1S/C19H19FN2O2/c20-16-8-4-7-15(11-16)19(24)21-12-18(23)22(17-9-10-17)13-14-5-2-1-3-6-14/h1-8,11,17H,9-10,12-13H2,(H,21,24). The van der Waals surface area contributed by atoms with Crippen LogP contribution in [0.2, 0.25) is 0 Å². The number of nitrogens with one attached hydrogen (secondary N) is 1. The summed E-state index contributed by atoms with van der Waals surface area (Å²) in [7, 11) is 0. The van der Waals surface area contributed by atoms with Crippen LogP contribution in [-0.4, -0.2) is 29.3 Å². The van der Waals surface area contributed by atoms with Crippen LogP contribution in [0.25, 0.3) is 0 Å². The summed E-state index contributed by atoms with van der Waals surface area (Å²) in [5.41, 5.74) is 1.28. The van der Waals surface area contributed by atoms with E-state index in [9.17, 15) is 14.0 Å². The van der Waals surface area contributed by atoms with E-state index in [0.717, 1.165) is 24.5 Å². The van der Waals surface area contributed by atoms with Gasteiger partial charge >= 0.3 is 0 Å². The van der Waals surface area contributed by atoms with E-state index in [1.807, 2.05) is 30.3 Å². The molecule has 2 aromatic rings. The molecule has 1 saturated carbocycles. The molecule has 124 valence electrons. The van der Waals surface area contributed by atoms with Crippen molar-refractivity contribution < 1.29 is 14.0 Å². The van der Waals surface area contributed by atoms with Crippen LogP contribution in [0.5, 0.6) is 0 Å². The van der Waals surface area contributed by atoms with Gasteiger partial charge in [0.15, 0.2) is 0 Å². The normalized spacial score (nSPS) is 13.4. The monoisotopic (exact) mass is 326 g/mol. The Hall–Kier alpha value is -2.69. The van der Waals surface area contributed by atoms with Crippen molar-refractivity contribution in [1.29, 1.82) is 0 Å². The summed E-state index contributed by atoms with van der Waals surface area (Å²) in [6, 6.07) is 15.5. The quantitative estimate of drug-likeness (QED) is 0.887. The molecule has 0 saturated heterocycles. The maximum atomic E-state index is 13.2. The molecule has 0 unspecified atom stereocenters. The molecule has 0 bridgehead atoms. The lowest BCUT2D eigenvalue weighted by molar-refractivity contribution is -0.131. The number of halogens is 1. The molecule has 4 nitrogen and oxygen atoms in total. The van der Waals surface area contributed by atoms with Crippen LogP contribution in [-0.2, 0) is 11.3 Å². The van der Waals surface area contributed by atoms with Gasteiger partial charge in [-0.1, -0.05) is 36.4 Å². The highest BCUT2D eigenvalue weighted by molar-refractivity contribution is 5.96. The van der Waals surface area contributed by atoms with Gasteiger partial charge in [0.25, 0.3) is 5.91 Å². The van der Waals surface area contributed by atoms with Gasteiger partial charge < -0.3 is 10.2 Å². The van der Waals surface area contributed by atoms with E-state index in [2.05, 4.69) is 5.32 Å². The van der Waals surface area contributed by atoms with Gasteiger partial charge in [-0.2, -0.15) is 0 Å². The highest BCUT2D eigenvalue weighted by atomic mass is 19.1. The highest BCUT2D eigenvalue weighted by Gasteiger charge is 2.32. The lowest BCUT2D eigenvalue weighted by Gasteiger charge is -2.22. The average molecular weight is 326 g/mol. The Morgan fingerprint density at radius 3 is 2.50 bits per heavy atom. The number of rotatable bonds is 6. The van der Waals surface area contributed by atoms with Gasteiger partial charge in [-0.15, -0.1) is 0 Å². The molecular weight excluding hydrogens is 307 g/mol. The molecule has 1 aliphatic rings. The van der Waals surface area contributed by atoms with E-state index in [4.69, 9.17) is 0 Å². The number of benzene rings is 2. The summed E-state index contributed by atoms with van der Waals surface area (Å²) >= 11 is 0. The Labute approximate surface area is 140 Å². The second-order valence-corrected chi connectivity index (χ2v) is 5.93. The van der Waals surface area contributed by atoms with Crippen molar-refractivity contribution in [2.75, 3.05) is 6.54 Å². The SMILES string of the molecule is O=C(NCC(=O)N(Cc1ccccc1)C1CC1)c1cccc(F)c1. The van der Waals surface area contributed by atoms with Crippen molar-refractivity contribution in [3.63, 3.8) is 0 Å². The number of carbonyl (C=O) groups is 2. The third-order valence-corrected chi connectivity index (χ3v) is 3.99. The summed E-state index contributed by atoms with van der Waals surface area (Å²) in [5, 5.41) is 2.58. The van der Waals surface area contributed by atoms with Crippen LogP contribution in [0, 0.1) is 5.82 Å². The smallest absolute Gasteiger partial charge is 0.251 e. The second kappa shape index (κ2) is 7.25. The Balaban J connectivity index is 1.59. The lowest BCUT2D eigenvalue weighted by atomic mass is 10.2. The maximum absolute atomic E-state index is 13.2. The molecule has 5 heteroatoms. The van der Waals surface area contributed by atoms with E-state index in [1.165, 1.54) is 18.2 Å². The van der Waals surface area contributed by atoms with Gasteiger partial charge in [-0.05, 0) is 36.6 Å². The summed E-state index contributed by atoms with van der Waals surface area (Å²) in [6.07, 6.45) is 1.99. The lowest BCUT2D eigenvalue weighted by Crippen LogP contribution is -2.41. The molecule has 1 N–H and O–H groups in total. The molecular formula is C19H19FN2O2. The number of nitrogens with zero attached hydrogens (tertiary/aromatic N) is 1. The molecule has 0 radical (unpaired) electrons. The first-order valence-corrected chi connectivity index (χ1v) is 8.00. The highest BCUT2D eigenvalue weighted by Crippen LogP contribution is 2.28. The van der Waals surface area contributed by atoms with Crippen LogP contribution in [0.3, 0.4) is 0 Å². The number of hydrogen-bond donors (Lipinski definition) is 1. The predicted molar refractivity (Wildman–Crippen MR) is 88.7 cm³/mol. The van der Waals surface area contributed by atoms with Crippen LogP contribution in [0.15, 0.2) is 54.6 Å². The first kappa shape index (κ1) is 16.2. The molecule has 1 aliphatic carbocycles. The Kier molecular flexibility index (Phi) is 4.89. The van der Waals surface area contributed by atoms with Gasteiger partial charge in [0.1, 0.15) is 5.82 Å². The molecule has 0 spiro atoms. The zero-order chi connectivity index (χ0) is 16.9. The molecule has 1 fully saturated rings. The Bertz CT molecular complexity index is 729. The van der Waals surface area contributed by atoms with Gasteiger partial charge in [0, 0.05) is 18.2 Å². The van der Waals surface area contributed by atoms with E-state index in [-0.39, 0.29) is 24.1 Å². The predicted octanol–water partition coefficient (Wildman–Crippen LogP) is 2.75. The van der Waals surface area contributed by atoms with E-state index in [0.29, 0.717) is 6.54 Å². The minimum Gasteiger partial charge on any atom is -0.343 e. The van der Waals surface area contributed by atoms with Gasteiger partial charge in [-0.25, -0.2) is 4.39 Å². The van der Waals surface area contributed by atoms with Gasteiger partial charge in [-0.3, -0.25) is 9.59 Å². The largest absolute Gasteiger partial charge is 0.343 e. The van der Waals surface area contributed by atoms with Crippen molar-refractivity contribution in [1.82, 2.24) is 10.2 Å². The number of hydrogen-bond acceptors (Lipinski definition) is 2. The molecule has 2 amide bonds. The fourth-order valence-corrected chi connectivity index (χ4v) is 2.58. The molecule has 2 aromatic carbocycles. The first-order valence-electron chi connectivity index (χ1n) is 8.00. The van der Waals surface area contributed by atoms with E-state index < -0.39 is 11.7 Å². The number of amides is 2. The summed E-state index contributed by atoms with van der Waals surface area (Å²) < 4.78 is 13.2. The Morgan fingerprint density at radius 2 is 1.83 bits per heavy atom. The minimum atomic E-state index is -0.474. The number of carbonyl (C=O) groups excluding carboxylic acids is 2. The fraction of sp³-hybridized carbons (Fsp3) is 0.263. The molecule has 3 rings (SSSR count). The average Bonchev–Trinajstić information content (AvgIpc) is 3.43. The third kappa shape index (κ3) is 4.19. The molecule has 24 heavy (non-hydrogen) atoms. The van der Waals surface area contributed by atoms with Crippen molar-refractivity contribution in [3.8, 4) is 0 Å². The van der Waals surface area contributed by atoms with Crippen molar-refractivity contribution in [2.24, 2.45) is 0 Å². The van der Waals surface area contributed by atoms with Gasteiger partial charge in [0.2, 0.25) is 5.91 Å². The molecule has 0 atom stereocenters.